The number of hydrogen-bond donors (Lipinski definition) is 2. The summed E-state index contributed by atoms with van der Waals surface area (Å²) >= 11 is 6.49. The number of anilines is 2. The molecule has 2 aromatic carbocycles. The van der Waals surface area contributed by atoms with E-state index in [4.69, 9.17) is 30.6 Å². The van der Waals surface area contributed by atoms with Crippen LogP contribution < -0.4 is 19.5 Å². The second kappa shape index (κ2) is 15.2. The smallest absolute Gasteiger partial charge is 0.492 e. The topological polar surface area (TPSA) is 145 Å². The van der Waals surface area contributed by atoms with Gasteiger partial charge in [0.15, 0.2) is 5.75 Å². The molecule has 1 saturated heterocycles. The first-order valence-corrected chi connectivity index (χ1v) is 18.2. The molecule has 0 saturated carbocycles. The molecular formula is C35H45ClN4O8S. The Kier molecular flexibility index (Phi) is 11.7. The Hall–Kier alpha value is -4.07. The summed E-state index contributed by atoms with van der Waals surface area (Å²) < 4.78 is 43.6. The number of pyridine rings is 1. The fourth-order valence-electron chi connectivity index (χ4n) is 5.20. The number of carbonyl (C=O) groups excluding carboxylic acids is 2. The molecule has 0 aliphatic carbocycles. The highest BCUT2D eigenvalue weighted by Gasteiger charge is 2.26. The molecule has 266 valence electrons. The Balaban J connectivity index is 1.45. The predicted molar refractivity (Wildman–Crippen MR) is 189 cm³/mol. The van der Waals surface area contributed by atoms with Crippen molar-refractivity contribution in [2.24, 2.45) is 5.92 Å². The van der Waals surface area contributed by atoms with E-state index in [-0.39, 0.29) is 28.2 Å². The van der Waals surface area contributed by atoms with E-state index < -0.39 is 27.7 Å². The van der Waals surface area contributed by atoms with Crippen molar-refractivity contribution in [3.8, 4) is 17.2 Å². The van der Waals surface area contributed by atoms with Crippen LogP contribution in [0.5, 0.6) is 17.2 Å². The lowest BCUT2D eigenvalue weighted by molar-refractivity contribution is -0.155. The number of nitrogens with one attached hydrogen (secondary N) is 2. The third-order valence-corrected chi connectivity index (χ3v) is 8.48. The van der Waals surface area contributed by atoms with E-state index in [0.29, 0.717) is 41.9 Å². The van der Waals surface area contributed by atoms with Crippen LogP contribution in [0.2, 0.25) is 5.02 Å². The van der Waals surface area contributed by atoms with Gasteiger partial charge in [-0.3, -0.25) is 14.5 Å². The number of aromatic nitrogens is 1. The number of halogens is 1. The Morgan fingerprint density at radius 3 is 2.29 bits per heavy atom. The molecule has 1 fully saturated rings. The molecule has 12 nitrogen and oxygen atoms in total. The van der Waals surface area contributed by atoms with Crippen LogP contribution in [0, 0.1) is 5.92 Å². The summed E-state index contributed by atoms with van der Waals surface area (Å²) in [5.41, 5.74) is 1.39. The maximum absolute atomic E-state index is 13.5. The number of ether oxygens (including phenoxy) is 3. The molecule has 49 heavy (non-hydrogen) atoms. The maximum Gasteiger partial charge on any atom is 0.528 e. The molecular weight excluding hydrogens is 672 g/mol. The van der Waals surface area contributed by atoms with Crippen molar-refractivity contribution in [3.63, 3.8) is 0 Å². The third kappa shape index (κ3) is 11.2. The van der Waals surface area contributed by atoms with Crippen LogP contribution in [-0.2, 0) is 31.4 Å². The summed E-state index contributed by atoms with van der Waals surface area (Å²) in [5, 5.41) is 4.79. The molecule has 1 aliphatic rings. The summed E-state index contributed by atoms with van der Waals surface area (Å²) in [6.07, 6.45) is 4.33. The fraction of sp³-hybridized carbons (Fsp3) is 0.457. The molecule has 0 atom stereocenters. The largest absolute Gasteiger partial charge is 0.528 e. The number of methoxy groups -OCH3 is 1. The van der Waals surface area contributed by atoms with E-state index >= 15 is 0 Å². The molecule has 14 heteroatoms. The highest BCUT2D eigenvalue weighted by Crippen LogP contribution is 2.40. The fourth-order valence-corrected chi connectivity index (χ4v) is 5.91. The first kappa shape index (κ1) is 37.7. The highest BCUT2D eigenvalue weighted by atomic mass is 35.5. The molecule has 0 unspecified atom stereocenters. The van der Waals surface area contributed by atoms with E-state index in [2.05, 4.69) is 15.0 Å². The van der Waals surface area contributed by atoms with Gasteiger partial charge in [0.25, 0.3) is 5.91 Å². The third-order valence-electron chi connectivity index (χ3n) is 7.58. The van der Waals surface area contributed by atoms with Gasteiger partial charge < -0.3 is 24.4 Å². The zero-order valence-electron chi connectivity index (χ0n) is 29.2. The molecule has 1 aromatic heterocycles. The van der Waals surface area contributed by atoms with Gasteiger partial charge in [0, 0.05) is 36.6 Å². The summed E-state index contributed by atoms with van der Waals surface area (Å²) in [5.74, 6) is 0.801. The van der Waals surface area contributed by atoms with Gasteiger partial charge in [-0.15, -0.1) is 5.06 Å². The number of carbonyl (C=O) groups is 2. The number of hydroxylamine groups is 2. The Bertz CT molecular complexity index is 1780. The lowest BCUT2D eigenvalue weighted by atomic mass is 9.86. The Labute approximate surface area is 293 Å². The average molecular weight is 717 g/mol. The first-order valence-electron chi connectivity index (χ1n) is 15.9. The van der Waals surface area contributed by atoms with Gasteiger partial charge in [-0.2, -0.15) is 0 Å². The minimum Gasteiger partial charge on any atom is -0.492 e. The van der Waals surface area contributed by atoms with Gasteiger partial charge >= 0.3 is 6.16 Å². The van der Waals surface area contributed by atoms with Gasteiger partial charge in [-0.1, -0.05) is 32.4 Å². The summed E-state index contributed by atoms with van der Waals surface area (Å²) in [7, 11) is -2.23. The van der Waals surface area contributed by atoms with Gasteiger partial charge in [-0.05, 0) is 93.3 Å². The standard InChI is InChI=1S/C35H45ClN4O8S/c1-34(2,3)24-19-28(31(45-7)29(20-24)39-49(8,43)44)38-32(41)23-9-10-27(36)30(18-23)46-26-11-14-37-25(21-26)17-22-12-15-40(16-13-22)48-33(42)47-35(4,5)6/h9-11,14,18-22,39H,12-13,15-17H2,1-8H3,(H,38,41). The van der Waals surface area contributed by atoms with Crippen molar-refractivity contribution >= 4 is 45.1 Å². The van der Waals surface area contributed by atoms with E-state index in [1.54, 1.807) is 62.4 Å². The van der Waals surface area contributed by atoms with Crippen molar-refractivity contribution in [1.82, 2.24) is 10.0 Å². The number of sulfonamides is 1. The normalized spacial score (nSPS) is 14.6. The van der Waals surface area contributed by atoms with E-state index in [0.717, 1.165) is 30.4 Å². The lowest BCUT2D eigenvalue weighted by Gasteiger charge is -2.30. The number of amides is 1. The summed E-state index contributed by atoms with van der Waals surface area (Å²) in [6, 6.07) is 11.7. The molecule has 3 aromatic rings. The highest BCUT2D eigenvalue weighted by molar-refractivity contribution is 7.92. The van der Waals surface area contributed by atoms with Crippen molar-refractivity contribution in [3.05, 3.63) is 70.5 Å². The molecule has 2 heterocycles. The Morgan fingerprint density at radius 2 is 1.67 bits per heavy atom. The van der Waals surface area contributed by atoms with Crippen LogP contribution in [0.1, 0.15) is 76.0 Å². The number of piperidine rings is 1. The van der Waals surface area contributed by atoms with Crippen LogP contribution in [0.3, 0.4) is 0 Å². The quantitative estimate of drug-likeness (QED) is 0.201. The zero-order chi connectivity index (χ0) is 36.1. The second-order valence-electron chi connectivity index (χ2n) is 14.0. The van der Waals surface area contributed by atoms with Gasteiger partial charge in [-0.25, -0.2) is 13.2 Å². The maximum atomic E-state index is 13.5. The van der Waals surface area contributed by atoms with Crippen LogP contribution in [0.15, 0.2) is 48.7 Å². The monoisotopic (exact) mass is 716 g/mol. The molecule has 0 radical (unpaired) electrons. The average Bonchev–Trinajstić information content (AvgIpc) is 2.97. The van der Waals surface area contributed by atoms with Gasteiger partial charge in [0.1, 0.15) is 17.1 Å². The van der Waals surface area contributed by atoms with E-state index in [1.807, 2.05) is 26.8 Å². The summed E-state index contributed by atoms with van der Waals surface area (Å²) in [4.78, 5) is 35.4. The molecule has 0 spiro atoms. The number of nitrogens with zero attached hydrogens (tertiary/aromatic N) is 2. The Morgan fingerprint density at radius 1 is 1.00 bits per heavy atom. The van der Waals surface area contributed by atoms with Crippen molar-refractivity contribution in [1.29, 1.82) is 0 Å². The molecule has 1 amide bonds. The van der Waals surface area contributed by atoms with E-state index in [9.17, 15) is 18.0 Å². The zero-order valence-corrected chi connectivity index (χ0v) is 30.8. The van der Waals surface area contributed by atoms with Crippen LogP contribution in [0.25, 0.3) is 0 Å². The number of rotatable bonds is 10. The first-order chi connectivity index (χ1) is 22.8. The molecule has 4 rings (SSSR count). The predicted octanol–water partition coefficient (Wildman–Crippen LogP) is 7.58. The number of hydrogen-bond acceptors (Lipinski definition) is 10. The second-order valence-corrected chi connectivity index (χ2v) is 16.2. The minimum atomic E-state index is -3.63. The van der Waals surface area contributed by atoms with Crippen LogP contribution in [0.4, 0.5) is 16.2 Å². The van der Waals surface area contributed by atoms with Crippen LogP contribution >= 0.6 is 11.6 Å². The molecule has 1 aliphatic heterocycles. The minimum absolute atomic E-state index is 0.169. The number of benzene rings is 2. The summed E-state index contributed by atoms with van der Waals surface area (Å²) in [6.45, 7) is 12.5. The lowest BCUT2D eigenvalue weighted by Crippen LogP contribution is -2.38. The van der Waals surface area contributed by atoms with Gasteiger partial charge in [0.05, 0.1) is 29.8 Å². The van der Waals surface area contributed by atoms with Crippen molar-refractivity contribution in [2.75, 3.05) is 36.5 Å². The van der Waals surface area contributed by atoms with Crippen molar-refractivity contribution < 1.29 is 37.1 Å². The molecule has 0 bridgehead atoms. The van der Waals surface area contributed by atoms with Crippen molar-refractivity contribution in [2.45, 2.75) is 71.8 Å². The van der Waals surface area contributed by atoms with E-state index in [1.165, 1.54) is 13.2 Å². The van der Waals surface area contributed by atoms with Crippen LogP contribution in [-0.4, -0.2) is 62.6 Å². The van der Waals surface area contributed by atoms with Gasteiger partial charge in [0.2, 0.25) is 10.0 Å². The molecule has 2 N–H and O–H groups in total. The SMILES string of the molecule is COc1c(NC(=O)c2ccc(Cl)c(Oc3ccnc(CC4CCN(OC(=O)OC(C)(C)C)CC4)c3)c2)cc(C(C)(C)C)cc1NS(C)(=O)=O.